The minimum Gasteiger partial charge on any atom is -0.464 e. The standard InChI is InChI=1S/C27H31N5O3.C21H22N6O.C11H15N3O2/c1-27(2,3)35-26(34)31-22-8-7-20(19-9-11-28-12-10-19)15-21(22)16-24(33)23-17-30-25(18-29-23)32-13-5-4-6-14-32;22-18-2-1-16(15-3-5-23-6-4-15)11-17(18)12-20(28)19-13-26-21(14-25-19)27-9-7-24-8-10-27;1-16-11(15)9-7-13-10(8-12-9)14-5-3-2-4-6-14/h7-12,15,17-18H,4-6,13-14,16H2,1-3H3,(H,31,34);1-6,11,13-14,24H,7-10,12,22H2;7-8H,2-6H2,1H3. The molecule has 5 aromatic heterocycles. The van der Waals surface area contributed by atoms with Crippen molar-refractivity contribution in [1.82, 2.24) is 45.2 Å². The number of ether oxygens (including phenoxy) is 2. The second-order valence-corrected chi connectivity index (χ2v) is 20.2. The summed E-state index contributed by atoms with van der Waals surface area (Å²) in [6, 6.07) is 18.9. The van der Waals surface area contributed by atoms with Crippen LogP contribution in [-0.2, 0) is 22.3 Å². The second-order valence-electron chi connectivity index (χ2n) is 20.2. The van der Waals surface area contributed by atoms with Crippen LogP contribution < -0.4 is 31.1 Å². The number of nitrogens with zero attached hydrogens (tertiary/aromatic N) is 11. The van der Waals surface area contributed by atoms with Crippen molar-refractivity contribution in [2.75, 3.05) is 85.2 Å². The molecule has 410 valence electrons. The number of methoxy groups -OCH3 is 1. The van der Waals surface area contributed by atoms with E-state index >= 15 is 0 Å². The Balaban J connectivity index is 0.000000166. The second kappa shape index (κ2) is 27.5. The number of ketones is 2. The smallest absolute Gasteiger partial charge is 0.412 e. The molecule has 20 nitrogen and oxygen atoms in total. The molecular weight excluding hydrogens is 1000 g/mol. The first-order valence-electron chi connectivity index (χ1n) is 26.7. The summed E-state index contributed by atoms with van der Waals surface area (Å²) in [5.74, 6) is 1.72. The van der Waals surface area contributed by atoms with Gasteiger partial charge in [0.15, 0.2) is 17.3 Å². The number of Topliss-reactive ketones (excluding diaryl/α,β-unsaturated/α-hetero) is 2. The van der Waals surface area contributed by atoms with Gasteiger partial charge >= 0.3 is 12.1 Å². The van der Waals surface area contributed by atoms with E-state index in [1.807, 2.05) is 54.6 Å². The van der Waals surface area contributed by atoms with Gasteiger partial charge in [0.2, 0.25) is 0 Å². The summed E-state index contributed by atoms with van der Waals surface area (Å²) in [4.78, 5) is 90.0. The van der Waals surface area contributed by atoms with Gasteiger partial charge in [-0.2, -0.15) is 0 Å². The highest BCUT2D eigenvalue weighted by molar-refractivity contribution is 5.98. The molecule has 7 aromatic rings. The van der Waals surface area contributed by atoms with Gasteiger partial charge in [-0.3, -0.25) is 24.9 Å². The number of amides is 1. The van der Waals surface area contributed by atoms with Gasteiger partial charge in [-0.15, -0.1) is 0 Å². The summed E-state index contributed by atoms with van der Waals surface area (Å²) in [5.41, 5.74) is 12.8. The van der Waals surface area contributed by atoms with Gasteiger partial charge in [0.05, 0.1) is 44.3 Å². The number of carbonyl (C=O) groups excluding carboxylic acids is 4. The first-order chi connectivity index (χ1) is 38.3. The number of rotatable bonds is 13. The summed E-state index contributed by atoms with van der Waals surface area (Å²) >= 11 is 0. The van der Waals surface area contributed by atoms with Crippen molar-refractivity contribution >= 4 is 52.5 Å². The molecule has 1 amide bonds. The third-order valence-corrected chi connectivity index (χ3v) is 13.3. The summed E-state index contributed by atoms with van der Waals surface area (Å²) in [6.07, 6.45) is 23.3. The minimum absolute atomic E-state index is 0.0573. The Morgan fingerprint density at radius 1 is 0.544 bits per heavy atom. The number of nitrogen functional groups attached to an aromatic ring is 1. The largest absolute Gasteiger partial charge is 0.464 e. The fraction of sp³-hybridized carbons (Fsp3) is 0.356. The first kappa shape index (κ1) is 56.4. The van der Waals surface area contributed by atoms with E-state index in [2.05, 4.69) is 69.9 Å². The zero-order chi connectivity index (χ0) is 55.6. The van der Waals surface area contributed by atoms with Crippen LogP contribution in [0.2, 0.25) is 0 Å². The van der Waals surface area contributed by atoms with E-state index in [0.717, 1.165) is 110 Å². The first-order valence-corrected chi connectivity index (χ1v) is 26.7. The Morgan fingerprint density at radius 3 is 1.44 bits per heavy atom. The molecule has 79 heavy (non-hydrogen) atoms. The van der Waals surface area contributed by atoms with Crippen molar-refractivity contribution in [1.29, 1.82) is 0 Å². The average molecular weight is 1070 g/mol. The molecule has 0 unspecified atom stereocenters. The van der Waals surface area contributed by atoms with E-state index in [-0.39, 0.29) is 30.1 Å². The maximum atomic E-state index is 13.1. The molecule has 0 aliphatic carbocycles. The number of aromatic nitrogens is 8. The number of hydrogen-bond acceptors (Lipinski definition) is 19. The van der Waals surface area contributed by atoms with E-state index in [0.29, 0.717) is 28.3 Å². The molecule has 0 bridgehead atoms. The van der Waals surface area contributed by atoms with Crippen molar-refractivity contribution < 1.29 is 28.7 Å². The Bertz CT molecular complexity index is 3110. The molecule has 4 N–H and O–H groups in total. The lowest BCUT2D eigenvalue weighted by molar-refractivity contribution is 0.0591. The number of anilines is 5. The van der Waals surface area contributed by atoms with Crippen LogP contribution in [0.5, 0.6) is 0 Å². The fourth-order valence-electron chi connectivity index (χ4n) is 9.10. The number of hydrogen-bond donors (Lipinski definition) is 3. The third-order valence-electron chi connectivity index (χ3n) is 13.3. The molecule has 0 saturated carbocycles. The highest BCUT2D eigenvalue weighted by atomic mass is 16.6. The molecule has 0 radical (unpaired) electrons. The minimum atomic E-state index is -0.636. The van der Waals surface area contributed by atoms with Gasteiger partial charge in [0.1, 0.15) is 34.4 Å². The van der Waals surface area contributed by atoms with Crippen LogP contribution in [0.4, 0.5) is 33.6 Å². The third kappa shape index (κ3) is 16.4. The summed E-state index contributed by atoms with van der Waals surface area (Å²) in [5, 5.41) is 6.09. The van der Waals surface area contributed by atoms with Crippen molar-refractivity contribution in [3.63, 3.8) is 0 Å². The molecule has 0 atom stereocenters. The predicted molar refractivity (Wildman–Crippen MR) is 304 cm³/mol. The number of pyridine rings is 2. The van der Waals surface area contributed by atoms with Crippen LogP contribution in [0, 0.1) is 0 Å². The number of carbonyl (C=O) groups is 4. The Labute approximate surface area is 460 Å². The van der Waals surface area contributed by atoms with Crippen molar-refractivity contribution in [3.05, 3.63) is 151 Å². The predicted octanol–water partition coefficient (Wildman–Crippen LogP) is 8.51. The molecule has 3 fully saturated rings. The molecule has 10 rings (SSSR count). The van der Waals surface area contributed by atoms with Crippen LogP contribution in [0.1, 0.15) is 102 Å². The van der Waals surface area contributed by atoms with E-state index in [1.54, 1.807) is 82.6 Å². The monoisotopic (exact) mass is 1070 g/mol. The number of piperazine rings is 1. The maximum Gasteiger partial charge on any atom is 0.412 e. The van der Waals surface area contributed by atoms with Gasteiger partial charge in [-0.05, 0) is 141 Å². The highest BCUT2D eigenvalue weighted by Gasteiger charge is 2.22. The molecular formula is C59H68N14O6. The molecule has 2 aromatic carbocycles. The normalized spacial score (nSPS) is 14.4. The van der Waals surface area contributed by atoms with Gasteiger partial charge in [0.25, 0.3) is 0 Å². The van der Waals surface area contributed by atoms with Crippen LogP contribution in [-0.4, -0.2) is 129 Å². The number of benzene rings is 2. The van der Waals surface area contributed by atoms with Crippen molar-refractivity contribution in [3.8, 4) is 22.3 Å². The van der Waals surface area contributed by atoms with Crippen molar-refractivity contribution in [2.45, 2.75) is 77.7 Å². The average Bonchev–Trinajstić information content (AvgIpc) is 3.50. The Kier molecular flexibility index (Phi) is 19.6. The highest BCUT2D eigenvalue weighted by Crippen LogP contribution is 2.28. The zero-order valence-electron chi connectivity index (χ0n) is 45.3. The number of nitrogens with two attached hydrogens (primary N) is 1. The molecule has 0 spiro atoms. The van der Waals surface area contributed by atoms with E-state index in [4.69, 9.17) is 10.5 Å². The lowest BCUT2D eigenvalue weighted by Gasteiger charge is -2.27. The van der Waals surface area contributed by atoms with Crippen LogP contribution >= 0.6 is 0 Å². The molecule has 3 saturated heterocycles. The Morgan fingerprint density at radius 2 is 0.987 bits per heavy atom. The molecule has 20 heteroatoms. The summed E-state index contributed by atoms with van der Waals surface area (Å²) in [6.45, 7) is 13.0. The van der Waals surface area contributed by atoms with Crippen LogP contribution in [0.15, 0.2) is 123 Å². The topological polar surface area (TPSA) is 250 Å². The fourth-order valence-corrected chi connectivity index (χ4v) is 9.10. The van der Waals surface area contributed by atoms with Crippen molar-refractivity contribution in [2.24, 2.45) is 0 Å². The number of nitrogens with one attached hydrogen (secondary N) is 2. The van der Waals surface area contributed by atoms with Crippen LogP contribution in [0.25, 0.3) is 22.3 Å². The molecule has 8 heterocycles. The van der Waals surface area contributed by atoms with Crippen LogP contribution in [0.3, 0.4) is 0 Å². The van der Waals surface area contributed by atoms with E-state index in [1.165, 1.54) is 39.0 Å². The number of piperidine rings is 2. The Hall–Kier alpha value is -8.78. The summed E-state index contributed by atoms with van der Waals surface area (Å²) < 4.78 is 9.97. The summed E-state index contributed by atoms with van der Waals surface area (Å²) in [7, 11) is 1.34. The lowest BCUT2D eigenvalue weighted by Crippen LogP contribution is -2.43. The molecule has 3 aliphatic heterocycles. The van der Waals surface area contributed by atoms with E-state index < -0.39 is 17.7 Å². The quantitative estimate of drug-likeness (QED) is 0.0556. The molecule has 3 aliphatic rings. The van der Waals surface area contributed by atoms with Gasteiger partial charge in [0, 0.05) is 101 Å². The SMILES string of the molecule is CC(C)(C)OC(=O)Nc1ccc(-c2ccncc2)cc1CC(=O)c1cnc(N2CCCCC2)cn1.COC(=O)c1cnc(N2CCCCC2)cn1.Nc1ccc(-c2ccncc2)cc1CC(=O)c1cnc(N2CCNCC2)cn1. The maximum absolute atomic E-state index is 13.1. The van der Waals surface area contributed by atoms with Gasteiger partial charge < -0.3 is 35.2 Å². The zero-order valence-corrected chi connectivity index (χ0v) is 45.3. The van der Waals surface area contributed by atoms with Gasteiger partial charge in [-0.25, -0.2) is 39.5 Å². The number of esters is 1. The lowest BCUT2D eigenvalue weighted by atomic mass is 9.99. The van der Waals surface area contributed by atoms with Gasteiger partial charge in [-0.1, -0.05) is 12.1 Å². The van der Waals surface area contributed by atoms with E-state index in [9.17, 15) is 19.2 Å².